The summed E-state index contributed by atoms with van der Waals surface area (Å²) in [4.78, 5) is 14.9. The van der Waals surface area contributed by atoms with E-state index in [-0.39, 0.29) is 5.56 Å². The third-order valence-corrected chi connectivity index (χ3v) is 2.62. The van der Waals surface area contributed by atoms with Gasteiger partial charge in [0.2, 0.25) is 0 Å². The number of halogens is 1. The molecule has 1 aromatic rings. The summed E-state index contributed by atoms with van der Waals surface area (Å²) in [6.45, 7) is 2.86. The molecule has 0 radical (unpaired) electrons. The minimum Gasteiger partial charge on any atom is -0.478 e. The molecule has 0 aromatic carbocycles. The lowest BCUT2D eigenvalue weighted by atomic mass is 10.2. The number of nitrogens with zero attached hydrogens (tertiary/aromatic N) is 1. The number of hydrogen-bond donors (Lipinski definition) is 2. The molecule has 0 fully saturated rings. The summed E-state index contributed by atoms with van der Waals surface area (Å²) in [5, 5.41) is 12.3. The fourth-order valence-corrected chi connectivity index (χ4v) is 1.65. The molecule has 5 heteroatoms. The van der Waals surface area contributed by atoms with Gasteiger partial charge in [0.1, 0.15) is 16.5 Å². The van der Waals surface area contributed by atoms with Gasteiger partial charge in [-0.1, -0.05) is 37.8 Å². The van der Waals surface area contributed by atoms with Crippen molar-refractivity contribution >= 4 is 23.4 Å². The first-order valence-corrected chi connectivity index (χ1v) is 6.16. The van der Waals surface area contributed by atoms with Crippen molar-refractivity contribution in [3.8, 4) is 0 Å². The van der Waals surface area contributed by atoms with Crippen LogP contribution in [0.5, 0.6) is 0 Å². The predicted molar refractivity (Wildman–Crippen MR) is 68.8 cm³/mol. The van der Waals surface area contributed by atoms with Crippen LogP contribution in [0.3, 0.4) is 0 Å². The van der Waals surface area contributed by atoms with Crippen LogP contribution < -0.4 is 5.32 Å². The molecular formula is C12H17ClN2O2. The van der Waals surface area contributed by atoms with Gasteiger partial charge >= 0.3 is 5.97 Å². The minimum atomic E-state index is -0.995. The molecule has 0 unspecified atom stereocenters. The Kier molecular flexibility index (Phi) is 5.77. The number of carboxylic acids is 1. The topological polar surface area (TPSA) is 62.2 Å². The smallest absolute Gasteiger partial charge is 0.339 e. The molecule has 0 aliphatic heterocycles. The van der Waals surface area contributed by atoms with Crippen molar-refractivity contribution in [2.24, 2.45) is 0 Å². The Morgan fingerprint density at radius 3 is 2.82 bits per heavy atom. The standard InChI is InChI=1S/C12H17ClN2O2/c1-2-3-4-5-8-14-11-9(12(16)17)6-7-10(13)15-11/h6-7H,2-5,8H2,1H3,(H,14,15)(H,16,17). The SMILES string of the molecule is CCCCCCNc1nc(Cl)ccc1C(=O)O. The summed E-state index contributed by atoms with van der Waals surface area (Å²) >= 11 is 5.74. The normalized spacial score (nSPS) is 10.2. The Morgan fingerprint density at radius 2 is 2.18 bits per heavy atom. The van der Waals surface area contributed by atoms with Crippen molar-refractivity contribution < 1.29 is 9.90 Å². The number of carbonyl (C=O) groups is 1. The number of unbranched alkanes of at least 4 members (excludes halogenated alkanes) is 3. The number of nitrogens with one attached hydrogen (secondary N) is 1. The summed E-state index contributed by atoms with van der Waals surface area (Å²) in [7, 11) is 0. The van der Waals surface area contributed by atoms with E-state index in [2.05, 4.69) is 17.2 Å². The van der Waals surface area contributed by atoms with Gasteiger partial charge in [0, 0.05) is 6.54 Å². The van der Waals surface area contributed by atoms with Gasteiger partial charge in [-0.15, -0.1) is 0 Å². The predicted octanol–water partition coefficient (Wildman–Crippen LogP) is 3.43. The first-order valence-electron chi connectivity index (χ1n) is 5.79. The first kappa shape index (κ1) is 13.8. The molecule has 0 amide bonds. The molecule has 1 rings (SSSR count). The van der Waals surface area contributed by atoms with E-state index < -0.39 is 5.97 Å². The van der Waals surface area contributed by atoms with Crippen LogP contribution in [0.15, 0.2) is 12.1 Å². The molecule has 1 heterocycles. The van der Waals surface area contributed by atoms with Crippen molar-refractivity contribution in [2.75, 3.05) is 11.9 Å². The maximum Gasteiger partial charge on any atom is 0.339 e. The second-order valence-corrected chi connectivity index (χ2v) is 4.21. The maximum absolute atomic E-state index is 10.9. The Hall–Kier alpha value is -1.29. The van der Waals surface area contributed by atoms with Gasteiger partial charge in [-0.2, -0.15) is 0 Å². The highest BCUT2D eigenvalue weighted by Gasteiger charge is 2.11. The van der Waals surface area contributed by atoms with Gasteiger partial charge in [0.15, 0.2) is 0 Å². The van der Waals surface area contributed by atoms with Crippen molar-refractivity contribution in [3.05, 3.63) is 22.8 Å². The molecule has 0 spiro atoms. The van der Waals surface area contributed by atoms with E-state index in [1.165, 1.54) is 25.0 Å². The largest absolute Gasteiger partial charge is 0.478 e. The number of carboxylic acid groups (broad SMARTS) is 1. The van der Waals surface area contributed by atoms with Crippen molar-refractivity contribution in [2.45, 2.75) is 32.6 Å². The van der Waals surface area contributed by atoms with Crippen LogP contribution in [0.4, 0.5) is 5.82 Å². The third kappa shape index (κ3) is 4.61. The number of anilines is 1. The average molecular weight is 257 g/mol. The lowest BCUT2D eigenvalue weighted by Crippen LogP contribution is -2.09. The van der Waals surface area contributed by atoms with Gasteiger partial charge in [0.05, 0.1) is 0 Å². The van der Waals surface area contributed by atoms with Crippen LogP contribution in [0.25, 0.3) is 0 Å². The van der Waals surface area contributed by atoms with Gasteiger partial charge < -0.3 is 10.4 Å². The minimum absolute atomic E-state index is 0.157. The van der Waals surface area contributed by atoms with E-state index in [1.54, 1.807) is 0 Å². The lowest BCUT2D eigenvalue weighted by molar-refractivity contribution is 0.0697. The third-order valence-electron chi connectivity index (χ3n) is 2.41. The van der Waals surface area contributed by atoms with Gasteiger partial charge in [0.25, 0.3) is 0 Å². The molecule has 0 aliphatic carbocycles. The molecule has 0 atom stereocenters. The fraction of sp³-hybridized carbons (Fsp3) is 0.500. The van der Waals surface area contributed by atoms with Crippen LogP contribution in [-0.4, -0.2) is 22.6 Å². The number of aromatic nitrogens is 1. The Labute approximate surface area is 106 Å². The molecule has 0 aliphatic rings. The molecule has 0 saturated carbocycles. The highest BCUT2D eigenvalue weighted by molar-refractivity contribution is 6.29. The van der Waals surface area contributed by atoms with E-state index in [1.807, 2.05) is 0 Å². The van der Waals surface area contributed by atoms with Crippen molar-refractivity contribution in [3.63, 3.8) is 0 Å². The van der Waals surface area contributed by atoms with Crippen molar-refractivity contribution in [1.29, 1.82) is 0 Å². The highest BCUT2D eigenvalue weighted by atomic mass is 35.5. The molecule has 17 heavy (non-hydrogen) atoms. The van der Waals surface area contributed by atoms with Gasteiger partial charge in [-0.25, -0.2) is 9.78 Å². The van der Waals surface area contributed by atoms with Crippen molar-refractivity contribution in [1.82, 2.24) is 4.98 Å². The summed E-state index contributed by atoms with van der Waals surface area (Å²) in [5.74, 6) is -0.647. The Balaban J connectivity index is 2.56. The van der Waals surface area contributed by atoms with Crippen LogP contribution in [0.2, 0.25) is 5.15 Å². The zero-order chi connectivity index (χ0) is 12.7. The summed E-state index contributed by atoms with van der Waals surface area (Å²) < 4.78 is 0. The van der Waals surface area contributed by atoms with Crippen LogP contribution in [0, 0.1) is 0 Å². The average Bonchev–Trinajstić information content (AvgIpc) is 2.28. The second kappa shape index (κ2) is 7.12. The highest BCUT2D eigenvalue weighted by Crippen LogP contribution is 2.16. The first-order chi connectivity index (χ1) is 8.15. The van der Waals surface area contributed by atoms with Crippen LogP contribution >= 0.6 is 11.6 Å². The van der Waals surface area contributed by atoms with Gasteiger partial charge in [-0.3, -0.25) is 0 Å². The molecular weight excluding hydrogens is 240 g/mol. The summed E-state index contributed by atoms with van der Waals surface area (Å²) in [6.07, 6.45) is 4.50. The zero-order valence-corrected chi connectivity index (χ0v) is 10.6. The Bertz CT molecular complexity index is 383. The van der Waals surface area contributed by atoms with Crippen LogP contribution in [-0.2, 0) is 0 Å². The number of hydrogen-bond acceptors (Lipinski definition) is 3. The molecule has 0 saturated heterocycles. The van der Waals surface area contributed by atoms with E-state index in [9.17, 15) is 4.79 Å². The fourth-order valence-electron chi connectivity index (χ4n) is 1.50. The molecule has 94 valence electrons. The lowest BCUT2D eigenvalue weighted by Gasteiger charge is -2.08. The molecule has 0 bridgehead atoms. The zero-order valence-electron chi connectivity index (χ0n) is 9.87. The van der Waals surface area contributed by atoms with E-state index in [0.29, 0.717) is 17.5 Å². The number of aromatic carboxylic acids is 1. The quantitative estimate of drug-likeness (QED) is 0.580. The molecule has 1 aromatic heterocycles. The van der Waals surface area contributed by atoms with E-state index >= 15 is 0 Å². The molecule has 2 N–H and O–H groups in total. The summed E-state index contributed by atoms with van der Waals surface area (Å²) in [5.41, 5.74) is 0.157. The van der Waals surface area contributed by atoms with Gasteiger partial charge in [-0.05, 0) is 18.6 Å². The number of pyridine rings is 1. The molecule has 4 nitrogen and oxygen atoms in total. The van der Waals surface area contributed by atoms with Crippen LogP contribution in [0.1, 0.15) is 43.0 Å². The Morgan fingerprint density at radius 1 is 1.41 bits per heavy atom. The second-order valence-electron chi connectivity index (χ2n) is 3.82. The van der Waals surface area contributed by atoms with E-state index in [0.717, 1.165) is 12.8 Å². The monoisotopic (exact) mass is 256 g/mol. The number of rotatable bonds is 7. The van der Waals surface area contributed by atoms with E-state index in [4.69, 9.17) is 16.7 Å². The maximum atomic E-state index is 10.9. The summed E-state index contributed by atoms with van der Waals surface area (Å²) in [6, 6.07) is 2.94.